The maximum Gasteiger partial charge on any atom is 0.226 e. The highest BCUT2D eigenvalue weighted by Gasteiger charge is 2.54. The zero-order valence-electron chi connectivity index (χ0n) is 17.9. The molecule has 0 unspecified atom stereocenters. The van der Waals surface area contributed by atoms with Gasteiger partial charge in [0.1, 0.15) is 0 Å². The minimum absolute atomic E-state index is 0.00420. The number of nitrogens with one attached hydrogen (secondary N) is 2. The Morgan fingerprint density at radius 3 is 2.14 bits per heavy atom. The van der Waals surface area contributed by atoms with Crippen molar-refractivity contribution in [1.29, 1.82) is 0 Å². The molecule has 0 atom stereocenters. The van der Waals surface area contributed by atoms with E-state index in [1.165, 1.54) is 24.8 Å². The lowest BCUT2D eigenvalue weighted by Crippen LogP contribution is -2.53. The van der Waals surface area contributed by atoms with Gasteiger partial charge in [-0.25, -0.2) is 0 Å². The van der Waals surface area contributed by atoms with Gasteiger partial charge in [-0.2, -0.15) is 0 Å². The lowest BCUT2D eigenvalue weighted by molar-refractivity contribution is -0.146. The van der Waals surface area contributed by atoms with Crippen LogP contribution in [0.1, 0.15) is 56.1 Å². The van der Waals surface area contributed by atoms with Gasteiger partial charge in [-0.3, -0.25) is 9.59 Å². The van der Waals surface area contributed by atoms with Gasteiger partial charge in [-0.15, -0.1) is 0 Å². The monoisotopic (exact) mass is 397 g/mol. The van der Waals surface area contributed by atoms with Crippen molar-refractivity contribution in [3.05, 3.63) is 35.4 Å². The molecule has 4 aliphatic carbocycles. The van der Waals surface area contributed by atoms with Gasteiger partial charge in [0.25, 0.3) is 0 Å². The van der Waals surface area contributed by atoms with Crippen LogP contribution in [0.15, 0.2) is 24.3 Å². The molecule has 4 aliphatic rings. The molecule has 4 saturated carbocycles. The van der Waals surface area contributed by atoms with Crippen molar-refractivity contribution in [3.8, 4) is 0 Å². The number of amides is 2. The average Bonchev–Trinajstić information content (AvgIpc) is 2.65. The lowest BCUT2D eigenvalue weighted by atomic mass is 9.49. The number of rotatable bonds is 8. The normalized spacial score (nSPS) is 29.8. The van der Waals surface area contributed by atoms with Crippen LogP contribution in [0.5, 0.6) is 0 Å². The van der Waals surface area contributed by atoms with E-state index in [9.17, 15) is 9.59 Å². The van der Waals surface area contributed by atoms with E-state index >= 15 is 0 Å². The highest BCUT2D eigenvalue weighted by atomic mass is 16.2. The number of benzene rings is 1. The number of carbonyl (C=O) groups is 2. The van der Waals surface area contributed by atoms with E-state index in [1.807, 2.05) is 26.2 Å². The summed E-state index contributed by atoms with van der Waals surface area (Å²) in [5.74, 6) is 2.49. The van der Waals surface area contributed by atoms with Crippen LogP contribution in [-0.4, -0.2) is 37.4 Å². The second-order valence-electron chi connectivity index (χ2n) is 9.99. The highest BCUT2D eigenvalue weighted by Crippen LogP contribution is 2.60. The summed E-state index contributed by atoms with van der Waals surface area (Å²) in [6.07, 6.45) is 7.56. The zero-order chi connectivity index (χ0) is 20.4. The fourth-order valence-electron chi connectivity index (χ4n) is 6.37. The molecule has 0 radical (unpaired) electrons. The molecule has 0 aromatic heterocycles. The Kier molecular flexibility index (Phi) is 5.95. The van der Waals surface area contributed by atoms with Crippen LogP contribution in [0, 0.1) is 23.2 Å². The summed E-state index contributed by atoms with van der Waals surface area (Å²) in [4.78, 5) is 27.4. The number of nitrogens with zero attached hydrogens (tertiary/aromatic N) is 1. The Balaban J connectivity index is 1.22. The first-order chi connectivity index (χ1) is 13.9. The second kappa shape index (κ2) is 8.47. The van der Waals surface area contributed by atoms with Crippen molar-refractivity contribution in [1.82, 2.24) is 15.5 Å². The van der Waals surface area contributed by atoms with Crippen molar-refractivity contribution in [3.63, 3.8) is 0 Å². The van der Waals surface area contributed by atoms with Gasteiger partial charge in [0.2, 0.25) is 11.8 Å². The third kappa shape index (κ3) is 4.66. The van der Waals surface area contributed by atoms with E-state index in [2.05, 4.69) is 27.7 Å². The summed E-state index contributed by atoms with van der Waals surface area (Å²) >= 11 is 0. The first kappa shape index (κ1) is 20.4. The molecular weight excluding hydrogens is 362 g/mol. The van der Waals surface area contributed by atoms with Gasteiger partial charge in [0.05, 0.1) is 0 Å². The topological polar surface area (TPSA) is 61.4 Å². The third-order valence-corrected chi connectivity index (χ3v) is 7.24. The molecule has 5 rings (SSSR count). The molecule has 2 amide bonds. The van der Waals surface area contributed by atoms with E-state index in [0.717, 1.165) is 49.1 Å². The van der Waals surface area contributed by atoms with E-state index in [1.54, 1.807) is 0 Å². The van der Waals surface area contributed by atoms with Crippen LogP contribution in [0.25, 0.3) is 0 Å². The minimum Gasteiger partial charge on any atom is -0.355 e. The minimum atomic E-state index is -0.129. The van der Waals surface area contributed by atoms with Crippen LogP contribution >= 0.6 is 0 Å². The van der Waals surface area contributed by atoms with Crippen molar-refractivity contribution in [2.45, 2.75) is 58.0 Å². The van der Waals surface area contributed by atoms with Crippen LogP contribution in [-0.2, 0) is 22.7 Å². The Morgan fingerprint density at radius 2 is 1.55 bits per heavy atom. The summed E-state index contributed by atoms with van der Waals surface area (Å²) in [5.41, 5.74) is 2.25. The number of carbonyl (C=O) groups excluding carboxylic acids is 2. The van der Waals surface area contributed by atoms with Gasteiger partial charge < -0.3 is 15.5 Å². The maximum atomic E-state index is 13.0. The molecule has 1 aromatic carbocycles. The number of hydrogen-bond acceptors (Lipinski definition) is 3. The van der Waals surface area contributed by atoms with Gasteiger partial charge in [-0.1, -0.05) is 24.3 Å². The molecule has 0 aliphatic heterocycles. The van der Waals surface area contributed by atoms with Crippen LogP contribution in [0.3, 0.4) is 0 Å². The van der Waals surface area contributed by atoms with E-state index in [0.29, 0.717) is 19.5 Å². The summed E-state index contributed by atoms with van der Waals surface area (Å²) < 4.78 is 0. The standard InChI is InChI=1S/C24H35N3O2/c1-27(2)16-21-6-4-3-5-20(21)15-26-22(28)7-8-25-23(29)24-12-17-9-18(13-24)11-19(10-17)14-24/h3-6,17-19H,7-16H2,1-2H3,(H,25,29)(H,26,28). The Hall–Kier alpha value is -1.88. The SMILES string of the molecule is CN(C)Cc1ccccc1CNC(=O)CCNC(=O)C12CC3CC(CC(C3)C1)C2. The quantitative estimate of drug-likeness (QED) is 0.709. The summed E-state index contributed by atoms with van der Waals surface area (Å²) in [5, 5.41) is 6.11. The van der Waals surface area contributed by atoms with E-state index < -0.39 is 0 Å². The van der Waals surface area contributed by atoms with Crippen molar-refractivity contribution < 1.29 is 9.59 Å². The maximum absolute atomic E-state index is 13.0. The molecule has 158 valence electrons. The molecule has 2 N–H and O–H groups in total. The van der Waals surface area contributed by atoms with Crippen LogP contribution in [0.4, 0.5) is 0 Å². The van der Waals surface area contributed by atoms with Gasteiger partial charge >= 0.3 is 0 Å². The predicted octanol–water partition coefficient (Wildman–Crippen LogP) is 3.09. The van der Waals surface area contributed by atoms with Crippen molar-refractivity contribution in [2.24, 2.45) is 23.2 Å². The lowest BCUT2D eigenvalue weighted by Gasteiger charge is -2.55. The first-order valence-corrected chi connectivity index (χ1v) is 11.2. The Morgan fingerprint density at radius 1 is 0.966 bits per heavy atom. The summed E-state index contributed by atoms with van der Waals surface area (Å²) in [7, 11) is 4.09. The fourth-order valence-corrected chi connectivity index (χ4v) is 6.37. The summed E-state index contributed by atoms with van der Waals surface area (Å²) in [6.45, 7) is 1.82. The smallest absolute Gasteiger partial charge is 0.226 e. The summed E-state index contributed by atoms with van der Waals surface area (Å²) in [6, 6.07) is 8.21. The molecule has 5 heteroatoms. The molecule has 0 spiro atoms. The van der Waals surface area contributed by atoms with Crippen molar-refractivity contribution >= 4 is 11.8 Å². The highest BCUT2D eigenvalue weighted by molar-refractivity contribution is 5.84. The molecule has 0 heterocycles. The molecule has 4 fully saturated rings. The van der Waals surface area contributed by atoms with Crippen LogP contribution < -0.4 is 10.6 Å². The first-order valence-electron chi connectivity index (χ1n) is 11.2. The molecule has 0 saturated heterocycles. The van der Waals surface area contributed by atoms with E-state index in [4.69, 9.17) is 0 Å². The largest absolute Gasteiger partial charge is 0.355 e. The predicted molar refractivity (Wildman–Crippen MR) is 114 cm³/mol. The zero-order valence-corrected chi connectivity index (χ0v) is 17.9. The van der Waals surface area contributed by atoms with Crippen molar-refractivity contribution in [2.75, 3.05) is 20.6 Å². The van der Waals surface area contributed by atoms with Gasteiger partial charge in [0.15, 0.2) is 0 Å². The molecule has 1 aromatic rings. The molecular formula is C24H35N3O2. The molecule has 4 bridgehead atoms. The second-order valence-corrected chi connectivity index (χ2v) is 9.99. The molecule has 5 nitrogen and oxygen atoms in total. The Labute approximate surface area is 174 Å². The van der Waals surface area contributed by atoms with Gasteiger partial charge in [-0.05, 0) is 81.5 Å². The van der Waals surface area contributed by atoms with Gasteiger partial charge in [0, 0.05) is 31.5 Å². The number of hydrogen-bond donors (Lipinski definition) is 2. The van der Waals surface area contributed by atoms with Crippen LogP contribution in [0.2, 0.25) is 0 Å². The average molecular weight is 398 g/mol. The van der Waals surface area contributed by atoms with E-state index in [-0.39, 0.29) is 17.2 Å². The Bertz CT molecular complexity index is 723. The third-order valence-electron chi connectivity index (χ3n) is 7.24. The fraction of sp³-hybridized carbons (Fsp3) is 0.667. The molecule has 29 heavy (non-hydrogen) atoms.